The van der Waals surface area contributed by atoms with Crippen molar-refractivity contribution < 1.29 is 0 Å². The Bertz CT molecular complexity index is 562. The molecule has 0 aliphatic carbocycles. The summed E-state index contributed by atoms with van der Waals surface area (Å²) in [6.07, 6.45) is 0. The summed E-state index contributed by atoms with van der Waals surface area (Å²) in [5.41, 5.74) is 0.181. The Kier molecular flexibility index (Phi) is 2.21. The first kappa shape index (κ1) is 9.49. The number of aromatic amines is 1. The summed E-state index contributed by atoms with van der Waals surface area (Å²) < 4.78 is 0. The van der Waals surface area contributed by atoms with Gasteiger partial charge in [-0.3, -0.25) is 4.79 Å². The number of halogens is 2. The molecule has 2 rings (SSSR count). The van der Waals surface area contributed by atoms with Crippen LogP contribution in [0.5, 0.6) is 0 Å². The lowest BCUT2D eigenvalue weighted by Crippen LogP contribution is -2.10. The van der Waals surface area contributed by atoms with Crippen molar-refractivity contribution in [1.29, 1.82) is 0 Å². The molecule has 0 saturated carbocycles. The van der Waals surface area contributed by atoms with Gasteiger partial charge >= 0.3 is 0 Å². The van der Waals surface area contributed by atoms with Crippen LogP contribution in [0.3, 0.4) is 0 Å². The molecule has 1 aromatic heterocycles. The van der Waals surface area contributed by atoms with Gasteiger partial charge in [-0.05, 0) is 19.1 Å². The topological polar surface area (TPSA) is 45.8 Å². The lowest BCUT2D eigenvalue weighted by atomic mass is 10.2. The predicted molar refractivity (Wildman–Crippen MR) is 57.1 cm³/mol. The molecule has 0 saturated heterocycles. The Morgan fingerprint density at radius 1 is 1.29 bits per heavy atom. The van der Waals surface area contributed by atoms with E-state index >= 15 is 0 Å². The maximum atomic E-state index is 11.5. The fraction of sp³-hybridized carbons (Fsp3) is 0.111. The number of aryl methyl sites for hydroxylation is 1. The van der Waals surface area contributed by atoms with Crippen molar-refractivity contribution >= 4 is 34.1 Å². The molecule has 72 valence electrons. The molecule has 0 amide bonds. The second kappa shape index (κ2) is 3.26. The molecule has 1 N–H and O–H groups in total. The molecular formula is C9H6Cl2N2O. The van der Waals surface area contributed by atoms with Crippen molar-refractivity contribution in [2.24, 2.45) is 0 Å². The molecule has 0 unspecified atom stereocenters. The molecule has 0 atom stereocenters. The van der Waals surface area contributed by atoms with Gasteiger partial charge < -0.3 is 4.98 Å². The second-order valence-electron chi connectivity index (χ2n) is 2.90. The molecule has 14 heavy (non-hydrogen) atoms. The molecule has 0 aliphatic heterocycles. The number of nitrogens with zero attached hydrogens (tertiary/aromatic N) is 1. The number of fused-ring (bicyclic) bond motifs is 1. The van der Waals surface area contributed by atoms with E-state index < -0.39 is 0 Å². The number of nitrogens with one attached hydrogen (secondary N) is 1. The summed E-state index contributed by atoms with van der Waals surface area (Å²) in [6, 6.07) is 3.20. The molecule has 1 heterocycles. The van der Waals surface area contributed by atoms with Crippen LogP contribution in [0.2, 0.25) is 10.0 Å². The number of hydrogen-bond acceptors (Lipinski definition) is 2. The van der Waals surface area contributed by atoms with Crippen molar-refractivity contribution in [2.45, 2.75) is 6.92 Å². The lowest BCUT2D eigenvalue weighted by molar-refractivity contribution is 1.06. The summed E-state index contributed by atoms with van der Waals surface area (Å²) in [7, 11) is 0. The van der Waals surface area contributed by atoms with Crippen molar-refractivity contribution in [3.63, 3.8) is 0 Å². The van der Waals surface area contributed by atoms with Crippen molar-refractivity contribution in [3.8, 4) is 0 Å². The number of hydrogen-bond donors (Lipinski definition) is 1. The van der Waals surface area contributed by atoms with Gasteiger partial charge in [0.2, 0.25) is 0 Å². The molecule has 0 aliphatic rings. The third-order valence-corrected chi connectivity index (χ3v) is 2.50. The summed E-state index contributed by atoms with van der Waals surface area (Å²) in [5, 5.41) is 1.13. The van der Waals surface area contributed by atoms with Crippen LogP contribution < -0.4 is 5.56 Å². The number of aromatic nitrogens is 2. The minimum Gasteiger partial charge on any atom is -0.310 e. The summed E-state index contributed by atoms with van der Waals surface area (Å²) in [4.78, 5) is 18.2. The molecular weight excluding hydrogens is 223 g/mol. The zero-order valence-corrected chi connectivity index (χ0v) is 8.78. The third kappa shape index (κ3) is 1.38. The van der Waals surface area contributed by atoms with Gasteiger partial charge in [0.25, 0.3) is 5.56 Å². The van der Waals surface area contributed by atoms with Gasteiger partial charge in [0, 0.05) is 0 Å². The van der Waals surface area contributed by atoms with Crippen LogP contribution in [-0.4, -0.2) is 9.97 Å². The van der Waals surface area contributed by atoms with Crippen LogP contribution in [0.1, 0.15) is 5.82 Å². The third-order valence-electron chi connectivity index (χ3n) is 1.88. The molecule has 0 radical (unpaired) electrons. The van der Waals surface area contributed by atoms with Crippen LogP contribution in [0.4, 0.5) is 0 Å². The van der Waals surface area contributed by atoms with E-state index in [1.165, 1.54) is 0 Å². The molecule has 3 nitrogen and oxygen atoms in total. The number of H-pyrrole nitrogens is 1. The van der Waals surface area contributed by atoms with E-state index in [1.807, 2.05) is 0 Å². The van der Waals surface area contributed by atoms with Gasteiger partial charge in [0.15, 0.2) is 0 Å². The average Bonchev–Trinajstić information content (AvgIpc) is 2.10. The highest BCUT2D eigenvalue weighted by Crippen LogP contribution is 2.25. The van der Waals surface area contributed by atoms with Gasteiger partial charge in [-0.2, -0.15) is 0 Å². The Hall–Kier alpha value is -1.06. The van der Waals surface area contributed by atoms with Crippen molar-refractivity contribution in [1.82, 2.24) is 9.97 Å². The lowest BCUT2D eigenvalue weighted by Gasteiger charge is -2.01. The summed E-state index contributed by atoms with van der Waals surface area (Å²) in [6.45, 7) is 1.69. The zero-order valence-electron chi connectivity index (χ0n) is 7.27. The van der Waals surface area contributed by atoms with Gasteiger partial charge in [-0.1, -0.05) is 23.2 Å². The molecule has 0 spiro atoms. The molecule has 5 heteroatoms. The quantitative estimate of drug-likeness (QED) is 0.754. The predicted octanol–water partition coefficient (Wildman–Crippen LogP) is 2.54. The van der Waals surface area contributed by atoms with E-state index in [4.69, 9.17) is 23.2 Å². The highest BCUT2D eigenvalue weighted by molar-refractivity contribution is 6.39. The normalized spacial score (nSPS) is 10.8. The Morgan fingerprint density at radius 3 is 2.64 bits per heavy atom. The van der Waals surface area contributed by atoms with E-state index in [0.29, 0.717) is 26.8 Å². The summed E-state index contributed by atoms with van der Waals surface area (Å²) >= 11 is 11.8. The zero-order chi connectivity index (χ0) is 10.3. The molecule has 0 bridgehead atoms. The highest BCUT2D eigenvalue weighted by atomic mass is 35.5. The smallest absolute Gasteiger partial charge is 0.260 e. The van der Waals surface area contributed by atoms with Gasteiger partial charge in [-0.15, -0.1) is 0 Å². The standard InChI is InChI=1S/C9H6Cl2N2O/c1-4-12-8-6(11)3-2-5(10)7(8)9(14)13-4/h2-3H,1H3,(H,12,13,14). The highest BCUT2D eigenvalue weighted by Gasteiger charge is 2.08. The number of benzene rings is 1. The fourth-order valence-corrected chi connectivity index (χ4v) is 1.73. The van der Waals surface area contributed by atoms with E-state index in [-0.39, 0.29) is 5.56 Å². The van der Waals surface area contributed by atoms with Gasteiger partial charge in [0.1, 0.15) is 5.82 Å². The molecule has 1 aromatic carbocycles. The van der Waals surface area contributed by atoms with Crippen LogP contribution in [0, 0.1) is 6.92 Å². The largest absolute Gasteiger partial charge is 0.310 e. The Morgan fingerprint density at radius 2 is 1.93 bits per heavy atom. The maximum absolute atomic E-state index is 11.5. The van der Waals surface area contributed by atoms with Gasteiger partial charge in [-0.25, -0.2) is 4.98 Å². The average molecular weight is 229 g/mol. The number of rotatable bonds is 0. The molecule has 2 aromatic rings. The maximum Gasteiger partial charge on any atom is 0.260 e. The van der Waals surface area contributed by atoms with Crippen LogP contribution >= 0.6 is 23.2 Å². The van der Waals surface area contributed by atoms with E-state index in [2.05, 4.69) is 9.97 Å². The van der Waals surface area contributed by atoms with Crippen LogP contribution in [0.15, 0.2) is 16.9 Å². The SMILES string of the molecule is Cc1nc2c(Cl)ccc(Cl)c2c(=O)[nH]1. The monoisotopic (exact) mass is 228 g/mol. The minimum atomic E-state index is -0.264. The Labute approximate surface area is 89.7 Å². The van der Waals surface area contributed by atoms with Gasteiger partial charge in [0.05, 0.1) is 20.9 Å². The first-order valence-corrected chi connectivity index (χ1v) is 4.70. The molecule has 0 fully saturated rings. The summed E-state index contributed by atoms with van der Waals surface area (Å²) in [5.74, 6) is 0.520. The van der Waals surface area contributed by atoms with Crippen LogP contribution in [-0.2, 0) is 0 Å². The van der Waals surface area contributed by atoms with E-state index in [9.17, 15) is 4.79 Å². The second-order valence-corrected chi connectivity index (χ2v) is 3.72. The van der Waals surface area contributed by atoms with Crippen molar-refractivity contribution in [2.75, 3.05) is 0 Å². The first-order chi connectivity index (χ1) is 6.59. The van der Waals surface area contributed by atoms with E-state index in [1.54, 1.807) is 19.1 Å². The first-order valence-electron chi connectivity index (χ1n) is 3.94. The van der Waals surface area contributed by atoms with Crippen LogP contribution in [0.25, 0.3) is 10.9 Å². The minimum absolute atomic E-state index is 0.264. The fourth-order valence-electron chi connectivity index (χ4n) is 1.29. The van der Waals surface area contributed by atoms with Crippen molar-refractivity contribution in [3.05, 3.63) is 38.4 Å². The van der Waals surface area contributed by atoms with E-state index in [0.717, 1.165) is 0 Å². The Balaban J connectivity index is 3.08.